The second-order valence-electron chi connectivity index (χ2n) is 4.44. The number of carbonyl (C=O) groups is 1. The molecular formula is C13H19NO4. The zero-order valence-electron chi connectivity index (χ0n) is 10.8. The SMILES string of the molecule is COC(=O)c1cc(CNCC2CCCO2)oc1C. The Morgan fingerprint density at radius 2 is 2.44 bits per heavy atom. The van der Waals surface area contributed by atoms with Crippen molar-refractivity contribution in [2.45, 2.75) is 32.4 Å². The van der Waals surface area contributed by atoms with Crippen molar-refractivity contribution in [1.82, 2.24) is 5.32 Å². The van der Waals surface area contributed by atoms with Gasteiger partial charge in [-0.05, 0) is 25.8 Å². The van der Waals surface area contributed by atoms with Crippen molar-refractivity contribution in [2.24, 2.45) is 0 Å². The molecule has 1 saturated heterocycles. The van der Waals surface area contributed by atoms with E-state index in [0.717, 1.165) is 31.8 Å². The molecule has 5 heteroatoms. The van der Waals surface area contributed by atoms with Crippen molar-refractivity contribution in [1.29, 1.82) is 0 Å². The summed E-state index contributed by atoms with van der Waals surface area (Å²) in [6.07, 6.45) is 2.55. The lowest BCUT2D eigenvalue weighted by molar-refractivity contribution is 0.0599. The summed E-state index contributed by atoms with van der Waals surface area (Å²) in [5.74, 6) is 0.975. The minimum Gasteiger partial charge on any atom is -0.465 e. The van der Waals surface area contributed by atoms with Crippen LogP contribution in [0.5, 0.6) is 0 Å². The predicted molar refractivity (Wildman–Crippen MR) is 65.5 cm³/mol. The van der Waals surface area contributed by atoms with E-state index in [2.05, 4.69) is 10.1 Å². The van der Waals surface area contributed by atoms with Gasteiger partial charge in [-0.15, -0.1) is 0 Å². The van der Waals surface area contributed by atoms with Gasteiger partial charge in [0, 0.05) is 13.2 Å². The molecule has 1 unspecified atom stereocenters. The molecule has 18 heavy (non-hydrogen) atoms. The lowest BCUT2D eigenvalue weighted by atomic mass is 10.2. The molecule has 1 aromatic rings. The minimum absolute atomic E-state index is 0.307. The first kappa shape index (κ1) is 13.1. The maximum absolute atomic E-state index is 11.4. The van der Waals surface area contributed by atoms with Crippen LogP contribution in [-0.2, 0) is 16.0 Å². The summed E-state index contributed by atoms with van der Waals surface area (Å²) in [6, 6.07) is 1.73. The van der Waals surface area contributed by atoms with E-state index in [1.807, 2.05) is 0 Å². The summed E-state index contributed by atoms with van der Waals surface area (Å²) in [5, 5.41) is 3.27. The fraction of sp³-hybridized carbons (Fsp3) is 0.615. The molecule has 0 bridgehead atoms. The van der Waals surface area contributed by atoms with Crippen LogP contribution in [0.25, 0.3) is 0 Å². The van der Waals surface area contributed by atoms with Gasteiger partial charge in [-0.3, -0.25) is 0 Å². The molecule has 1 aliphatic rings. The number of carbonyl (C=O) groups excluding carboxylic acids is 1. The predicted octanol–water partition coefficient (Wildman–Crippen LogP) is 1.64. The molecule has 1 fully saturated rings. The number of hydrogen-bond acceptors (Lipinski definition) is 5. The van der Waals surface area contributed by atoms with Crippen molar-refractivity contribution in [3.05, 3.63) is 23.2 Å². The Bertz CT molecular complexity index is 407. The average Bonchev–Trinajstić information content (AvgIpc) is 2.98. The van der Waals surface area contributed by atoms with E-state index >= 15 is 0 Å². The Balaban J connectivity index is 1.83. The van der Waals surface area contributed by atoms with E-state index in [-0.39, 0.29) is 5.97 Å². The lowest BCUT2D eigenvalue weighted by Crippen LogP contribution is -2.25. The van der Waals surface area contributed by atoms with Crippen LogP contribution >= 0.6 is 0 Å². The van der Waals surface area contributed by atoms with Gasteiger partial charge in [-0.2, -0.15) is 0 Å². The molecular weight excluding hydrogens is 234 g/mol. The number of furan rings is 1. The zero-order chi connectivity index (χ0) is 13.0. The number of rotatable bonds is 5. The molecule has 5 nitrogen and oxygen atoms in total. The van der Waals surface area contributed by atoms with Gasteiger partial charge in [0.25, 0.3) is 0 Å². The van der Waals surface area contributed by atoms with Gasteiger partial charge < -0.3 is 19.2 Å². The molecule has 1 aromatic heterocycles. The van der Waals surface area contributed by atoms with E-state index in [0.29, 0.717) is 24.0 Å². The van der Waals surface area contributed by atoms with Crippen molar-refractivity contribution >= 4 is 5.97 Å². The van der Waals surface area contributed by atoms with Crippen LogP contribution in [0.15, 0.2) is 10.5 Å². The van der Waals surface area contributed by atoms with Crippen molar-refractivity contribution in [3.63, 3.8) is 0 Å². The first-order valence-electron chi connectivity index (χ1n) is 6.20. The largest absolute Gasteiger partial charge is 0.465 e. The number of ether oxygens (including phenoxy) is 2. The Kier molecular flexibility index (Phi) is 4.38. The summed E-state index contributed by atoms with van der Waals surface area (Å²) in [7, 11) is 1.37. The van der Waals surface area contributed by atoms with Crippen molar-refractivity contribution in [3.8, 4) is 0 Å². The van der Waals surface area contributed by atoms with Crippen molar-refractivity contribution < 1.29 is 18.7 Å². The van der Waals surface area contributed by atoms with Gasteiger partial charge >= 0.3 is 5.97 Å². The van der Waals surface area contributed by atoms with Crippen molar-refractivity contribution in [2.75, 3.05) is 20.3 Å². The number of aryl methyl sites for hydroxylation is 1. The monoisotopic (exact) mass is 253 g/mol. The second kappa shape index (κ2) is 6.02. The van der Waals surface area contributed by atoms with Crippen LogP contribution in [0.4, 0.5) is 0 Å². The van der Waals surface area contributed by atoms with Crippen LogP contribution in [0.2, 0.25) is 0 Å². The van der Waals surface area contributed by atoms with Crippen LogP contribution in [0.3, 0.4) is 0 Å². The molecule has 0 amide bonds. The van der Waals surface area contributed by atoms with E-state index < -0.39 is 0 Å². The topological polar surface area (TPSA) is 60.7 Å². The highest BCUT2D eigenvalue weighted by Gasteiger charge is 2.17. The van der Waals surface area contributed by atoms with E-state index in [1.54, 1.807) is 13.0 Å². The maximum Gasteiger partial charge on any atom is 0.341 e. The highest BCUT2D eigenvalue weighted by molar-refractivity contribution is 5.90. The molecule has 2 heterocycles. The maximum atomic E-state index is 11.4. The van der Waals surface area contributed by atoms with Gasteiger partial charge in [-0.1, -0.05) is 0 Å². The third-order valence-electron chi connectivity index (χ3n) is 3.07. The van der Waals surface area contributed by atoms with Crippen LogP contribution < -0.4 is 5.32 Å². The average molecular weight is 253 g/mol. The lowest BCUT2D eigenvalue weighted by Gasteiger charge is -2.09. The number of hydrogen-bond donors (Lipinski definition) is 1. The number of methoxy groups -OCH3 is 1. The zero-order valence-corrected chi connectivity index (χ0v) is 10.8. The molecule has 2 rings (SSSR count). The summed E-state index contributed by atoms with van der Waals surface area (Å²) >= 11 is 0. The summed E-state index contributed by atoms with van der Waals surface area (Å²) in [6.45, 7) is 4.03. The second-order valence-corrected chi connectivity index (χ2v) is 4.44. The Morgan fingerprint density at radius 1 is 1.61 bits per heavy atom. The summed E-state index contributed by atoms with van der Waals surface area (Å²) in [5.41, 5.74) is 0.492. The first-order valence-corrected chi connectivity index (χ1v) is 6.20. The Hall–Kier alpha value is -1.33. The number of esters is 1. The van der Waals surface area contributed by atoms with Crippen LogP contribution in [0.1, 0.15) is 34.7 Å². The van der Waals surface area contributed by atoms with Gasteiger partial charge in [0.05, 0.1) is 19.8 Å². The standard InChI is InChI=1S/C13H19NO4/c1-9-12(13(15)16-2)6-11(18-9)8-14-7-10-4-3-5-17-10/h6,10,14H,3-5,7-8H2,1-2H3. The highest BCUT2D eigenvalue weighted by Crippen LogP contribution is 2.16. The Morgan fingerprint density at radius 3 is 3.11 bits per heavy atom. The van der Waals surface area contributed by atoms with Gasteiger partial charge in [0.1, 0.15) is 17.1 Å². The van der Waals surface area contributed by atoms with E-state index in [1.165, 1.54) is 7.11 Å². The fourth-order valence-corrected chi connectivity index (χ4v) is 2.11. The molecule has 1 aliphatic heterocycles. The van der Waals surface area contributed by atoms with Gasteiger partial charge in [0.2, 0.25) is 0 Å². The van der Waals surface area contributed by atoms with Gasteiger partial charge in [-0.25, -0.2) is 4.79 Å². The quantitative estimate of drug-likeness (QED) is 0.808. The third kappa shape index (κ3) is 3.11. The molecule has 100 valence electrons. The molecule has 0 aromatic carbocycles. The molecule has 0 saturated carbocycles. The third-order valence-corrected chi connectivity index (χ3v) is 3.07. The minimum atomic E-state index is -0.360. The number of nitrogens with one attached hydrogen (secondary N) is 1. The first-order chi connectivity index (χ1) is 8.70. The molecule has 0 radical (unpaired) electrons. The highest BCUT2D eigenvalue weighted by atomic mass is 16.5. The van der Waals surface area contributed by atoms with Crippen LogP contribution in [-0.4, -0.2) is 32.3 Å². The normalized spacial score (nSPS) is 19.1. The van der Waals surface area contributed by atoms with E-state index in [9.17, 15) is 4.79 Å². The molecule has 0 aliphatic carbocycles. The summed E-state index contributed by atoms with van der Waals surface area (Å²) in [4.78, 5) is 11.4. The molecule has 0 spiro atoms. The molecule has 1 atom stereocenters. The van der Waals surface area contributed by atoms with Gasteiger partial charge in [0.15, 0.2) is 0 Å². The summed E-state index contributed by atoms with van der Waals surface area (Å²) < 4.78 is 15.7. The van der Waals surface area contributed by atoms with E-state index in [4.69, 9.17) is 9.15 Å². The molecule has 1 N–H and O–H groups in total. The fourth-order valence-electron chi connectivity index (χ4n) is 2.11. The smallest absolute Gasteiger partial charge is 0.341 e. The van der Waals surface area contributed by atoms with Crippen LogP contribution in [0, 0.1) is 6.92 Å². The Labute approximate surface area is 106 Å².